The molecule has 2 N–H and O–H groups in total. The molecule has 1 aliphatic rings. The molecular formula is C12H19N5S2. The molecule has 1 fully saturated rings. The molecule has 3 heterocycles. The average Bonchev–Trinajstić information content (AvgIpc) is 2.90. The van der Waals surface area contributed by atoms with Crippen LogP contribution in [0.2, 0.25) is 0 Å². The third kappa shape index (κ3) is 2.33. The third-order valence-electron chi connectivity index (χ3n) is 3.43. The summed E-state index contributed by atoms with van der Waals surface area (Å²) in [4.78, 5) is 4.51. The predicted molar refractivity (Wildman–Crippen MR) is 83.9 cm³/mol. The SMILES string of the molecule is CCc1nn(C)c2c1nc(N)n2CC1CSCCS1. The van der Waals surface area contributed by atoms with E-state index in [1.54, 1.807) is 0 Å². The van der Waals surface area contributed by atoms with Crippen molar-refractivity contribution < 1.29 is 0 Å². The van der Waals surface area contributed by atoms with Crippen molar-refractivity contribution >= 4 is 40.6 Å². The van der Waals surface area contributed by atoms with Crippen LogP contribution in [0.25, 0.3) is 11.2 Å². The van der Waals surface area contributed by atoms with Gasteiger partial charge < -0.3 is 5.73 Å². The molecule has 0 aliphatic carbocycles. The van der Waals surface area contributed by atoms with Crippen LogP contribution >= 0.6 is 23.5 Å². The number of anilines is 1. The first-order valence-corrected chi connectivity index (χ1v) is 8.78. The van der Waals surface area contributed by atoms with Crippen LogP contribution < -0.4 is 5.73 Å². The van der Waals surface area contributed by atoms with Crippen molar-refractivity contribution in [2.75, 3.05) is 23.0 Å². The van der Waals surface area contributed by atoms with E-state index in [9.17, 15) is 0 Å². The molecule has 2 aromatic rings. The topological polar surface area (TPSA) is 61.7 Å². The molecule has 0 amide bonds. The number of nitrogens with two attached hydrogens (primary N) is 1. The number of hydrogen-bond donors (Lipinski definition) is 1. The zero-order valence-electron chi connectivity index (χ0n) is 11.3. The van der Waals surface area contributed by atoms with Crippen LogP contribution in [0.3, 0.4) is 0 Å². The molecule has 104 valence electrons. The lowest BCUT2D eigenvalue weighted by atomic mass is 10.3. The highest BCUT2D eigenvalue weighted by Gasteiger charge is 2.21. The van der Waals surface area contributed by atoms with Crippen molar-refractivity contribution in [1.29, 1.82) is 0 Å². The quantitative estimate of drug-likeness (QED) is 0.935. The Bertz CT molecular complexity index is 582. The molecule has 0 aromatic carbocycles. The van der Waals surface area contributed by atoms with Crippen LogP contribution in [-0.2, 0) is 20.0 Å². The van der Waals surface area contributed by atoms with Gasteiger partial charge in [0.2, 0.25) is 5.95 Å². The standard InChI is InChI=1S/C12H19N5S2/c1-3-9-10-11(16(2)15-9)17(12(13)14-10)6-8-7-18-4-5-19-8/h8H,3-7H2,1-2H3,(H2,13,14). The van der Waals surface area contributed by atoms with Crippen LogP contribution in [0, 0.1) is 0 Å². The average molecular weight is 297 g/mol. The summed E-state index contributed by atoms with van der Waals surface area (Å²) in [6.45, 7) is 3.04. The summed E-state index contributed by atoms with van der Waals surface area (Å²) in [6.07, 6.45) is 0.891. The van der Waals surface area contributed by atoms with E-state index in [-0.39, 0.29) is 0 Å². The number of aryl methyl sites for hydroxylation is 2. The molecule has 0 spiro atoms. The summed E-state index contributed by atoms with van der Waals surface area (Å²) in [7, 11) is 1.97. The third-order valence-corrected chi connectivity index (χ3v) is 6.25. The van der Waals surface area contributed by atoms with E-state index in [1.807, 2.05) is 35.3 Å². The molecular weight excluding hydrogens is 278 g/mol. The first kappa shape index (κ1) is 13.2. The fourth-order valence-corrected chi connectivity index (χ4v) is 5.18. The van der Waals surface area contributed by atoms with Gasteiger partial charge >= 0.3 is 0 Å². The molecule has 1 unspecified atom stereocenters. The molecule has 7 heteroatoms. The van der Waals surface area contributed by atoms with Crippen LogP contribution in [-0.4, -0.2) is 41.8 Å². The van der Waals surface area contributed by atoms with E-state index in [2.05, 4.69) is 21.6 Å². The highest BCUT2D eigenvalue weighted by molar-refractivity contribution is 8.06. The molecule has 5 nitrogen and oxygen atoms in total. The number of nitrogen functional groups attached to an aromatic ring is 1. The lowest BCUT2D eigenvalue weighted by molar-refractivity contribution is 0.676. The minimum absolute atomic E-state index is 0.619. The van der Waals surface area contributed by atoms with Gasteiger partial charge in [0, 0.05) is 36.1 Å². The fourth-order valence-electron chi connectivity index (χ4n) is 2.52. The number of fused-ring (bicyclic) bond motifs is 1. The Morgan fingerprint density at radius 2 is 2.26 bits per heavy atom. The van der Waals surface area contributed by atoms with Crippen molar-refractivity contribution in [3.63, 3.8) is 0 Å². The molecule has 0 radical (unpaired) electrons. The van der Waals surface area contributed by atoms with E-state index < -0.39 is 0 Å². The van der Waals surface area contributed by atoms with Gasteiger partial charge in [0.15, 0.2) is 5.65 Å². The molecule has 0 saturated carbocycles. The minimum atomic E-state index is 0.619. The minimum Gasteiger partial charge on any atom is -0.369 e. The van der Waals surface area contributed by atoms with Gasteiger partial charge in [0.05, 0.1) is 5.69 Å². The highest BCUT2D eigenvalue weighted by Crippen LogP contribution is 2.28. The molecule has 1 aliphatic heterocycles. The van der Waals surface area contributed by atoms with E-state index in [1.165, 1.54) is 17.3 Å². The number of aromatic nitrogens is 4. The van der Waals surface area contributed by atoms with Gasteiger partial charge in [-0.3, -0.25) is 9.25 Å². The van der Waals surface area contributed by atoms with E-state index in [4.69, 9.17) is 5.73 Å². The summed E-state index contributed by atoms with van der Waals surface area (Å²) >= 11 is 4.07. The zero-order valence-corrected chi connectivity index (χ0v) is 12.9. The van der Waals surface area contributed by atoms with Crippen molar-refractivity contribution in [3.8, 4) is 0 Å². The second-order valence-corrected chi connectivity index (χ2v) is 7.30. The first-order valence-electron chi connectivity index (χ1n) is 6.57. The molecule has 2 aromatic heterocycles. The lowest BCUT2D eigenvalue weighted by Crippen LogP contribution is -2.22. The summed E-state index contributed by atoms with van der Waals surface area (Å²) in [5.41, 5.74) is 9.17. The van der Waals surface area contributed by atoms with Gasteiger partial charge in [0.25, 0.3) is 0 Å². The first-order chi connectivity index (χ1) is 9.20. The predicted octanol–water partition coefficient (Wildman–Crippen LogP) is 1.76. The maximum Gasteiger partial charge on any atom is 0.202 e. The van der Waals surface area contributed by atoms with E-state index >= 15 is 0 Å². The van der Waals surface area contributed by atoms with Gasteiger partial charge in [-0.05, 0) is 6.42 Å². The Kier molecular flexibility index (Phi) is 3.66. The Hall–Kier alpha value is -0.820. The molecule has 1 atom stereocenters. The van der Waals surface area contributed by atoms with Gasteiger partial charge in [-0.1, -0.05) is 6.92 Å². The highest BCUT2D eigenvalue weighted by atomic mass is 32.2. The monoisotopic (exact) mass is 297 g/mol. The smallest absolute Gasteiger partial charge is 0.202 e. The summed E-state index contributed by atoms with van der Waals surface area (Å²) in [5, 5.41) is 5.15. The fraction of sp³-hybridized carbons (Fsp3) is 0.667. The Morgan fingerprint density at radius 1 is 1.42 bits per heavy atom. The van der Waals surface area contributed by atoms with Crippen LogP contribution in [0.15, 0.2) is 0 Å². The van der Waals surface area contributed by atoms with Crippen molar-refractivity contribution in [2.24, 2.45) is 7.05 Å². The number of hydrogen-bond acceptors (Lipinski definition) is 5. The van der Waals surface area contributed by atoms with Crippen molar-refractivity contribution in [3.05, 3.63) is 5.69 Å². The van der Waals surface area contributed by atoms with E-state index in [0.29, 0.717) is 11.2 Å². The molecule has 0 bridgehead atoms. The van der Waals surface area contributed by atoms with Crippen LogP contribution in [0.5, 0.6) is 0 Å². The van der Waals surface area contributed by atoms with Gasteiger partial charge in [-0.15, -0.1) is 0 Å². The second-order valence-electron chi connectivity index (χ2n) is 4.74. The zero-order chi connectivity index (χ0) is 13.4. The van der Waals surface area contributed by atoms with Gasteiger partial charge in [0.1, 0.15) is 5.52 Å². The van der Waals surface area contributed by atoms with E-state index in [0.717, 1.165) is 29.8 Å². The molecule has 19 heavy (non-hydrogen) atoms. The normalized spacial score (nSPS) is 20.2. The summed E-state index contributed by atoms with van der Waals surface area (Å²) < 4.78 is 4.04. The lowest BCUT2D eigenvalue weighted by Gasteiger charge is -2.21. The Labute approximate surface area is 121 Å². The largest absolute Gasteiger partial charge is 0.369 e. The maximum absolute atomic E-state index is 6.10. The Balaban J connectivity index is 1.97. The van der Waals surface area contributed by atoms with Crippen LogP contribution in [0.1, 0.15) is 12.6 Å². The molecule has 3 rings (SSSR count). The van der Waals surface area contributed by atoms with Crippen molar-refractivity contribution in [1.82, 2.24) is 19.3 Å². The van der Waals surface area contributed by atoms with Gasteiger partial charge in [-0.25, -0.2) is 4.98 Å². The number of imidazole rings is 1. The van der Waals surface area contributed by atoms with Gasteiger partial charge in [-0.2, -0.15) is 28.6 Å². The maximum atomic E-state index is 6.10. The summed E-state index contributed by atoms with van der Waals surface area (Å²) in [6, 6.07) is 0. The Morgan fingerprint density at radius 3 is 2.95 bits per heavy atom. The number of rotatable bonds is 3. The number of nitrogens with zero attached hydrogens (tertiary/aromatic N) is 4. The molecule has 1 saturated heterocycles. The number of thioether (sulfide) groups is 2. The van der Waals surface area contributed by atoms with Crippen molar-refractivity contribution in [2.45, 2.75) is 25.1 Å². The second kappa shape index (κ2) is 5.28. The van der Waals surface area contributed by atoms with Crippen LogP contribution in [0.4, 0.5) is 5.95 Å². The summed E-state index contributed by atoms with van der Waals surface area (Å²) in [5.74, 6) is 4.32.